The van der Waals surface area contributed by atoms with Gasteiger partial charge in [-0.1, -0.05) is 36.4 Å². The van der Waals surface area contributed by atoms with Crippen molar-refractivity contribution in [3.63, 3.8) is 0 Å². The molecule has 5 nitrogen and oxygen atoms in total. The number of hydrogen-bond acceptors (Lipinski definition) is 2. The lowest BCUT2D eigenvalue weighted by atomic mass is 10.2. The predicted octanol–water partition coefficient (Wildman–Crippen LogP) is 3.49. The maximum atomic E-state index is 14.3. The van der Waals surface area contributed by atoms with Crippen molar-refractivity contribution >= 4 is 29.9 Å². The first-order valence-corrected chi connectivity index (χ1v) is 8.01. The van der Waals surface area contributed by atoms with E-state index in [0.717, 1.165) is 5.56 Å². The van der Waals surface area contributed by atoms with Gasteiger partial charge in [-0.05, 0) is 23.3 Å². The van der Waals surface area contributed by atoms with Crippen LogP contribution in [0.4, 0.5) is 4.39 Å². The van der Waals surface area contributed by atoms with E-state index < -0.39 is 0 Å². The smallest absolute Gasteiger partial charge is 0.191 e. The van der Waals surface area contributed by atoms with Gasteiger partial charge in [-0.2, -0.15) is 0 Å². The fourth-order valence-electron chi connectivity index (χ4n) is 2.46. The fourth-order valence-corrected chi connectivity index (χ4v) is 2.46. The standard InChI is InChI=1S/C19H20FN5.HI/c1-21-19(23-12-15-5-3-2-4-6-15)24-13-16-7-8-18(17(20)11-16)25-10-9-22-14-25;/h2-11,14H,12-13H2,1H3,(H2,21,23,24);1H. The van der Waals surface area contributed by atoms with Crippen molar-refractivity contribution in [1.82, 2.24) is 20.2 Å². The van der Waals surface area contributed by atoms with Crippen molar-refractivity contribution in [2.75, 3.05) is 7.05 Å². The molecule has 0 unspecified atom stereocenters. The summed E-state index contributed by atoms with van der Waals surface area (Å²) in [4.78, 5) is 8.13. The lowest BCUT2D eigenvalue weighted by Gasteiger charge is -2.13. The summed E-state index contributed by atoms with van der Waals surface area (Å²) in [6, 6.07) is 15.2. The predicted molar refractivity (Wildman–Crippen MR) is 112 cm³/mol. The lowest BCUT2D eigenvalue weighted by Crippen LogP contribution is -2.36. The van der Waals surface area contributed by atoms with E-state index >= 15 is 0 Å². The minimum absolute atomic E-state index is 0. The maximum Gasteiger partial charge on any atom is 0.191 e. The first kappa shape index (κ1) is 19.9. The van der Waals surface area contributed by atoms with Gasteiger partial charge in [0.2, 0.25) is 0 Å². The van der Waals surface area contributed by atoms with E-state index in [1.54, 1.807) is 36.4 Å². The maximum absolute atomic E-state index is 14.3. The number of guanidine groups is 1. The third kappa shape index (κ3) is 5.29. The number of aliphatic imine (C=N–C) groups is 1. The van der Waals surface area contributed by atoms with E-state index in [9.17, 15) is 4.39 Å². The van der Waals surface area contributed by atoms with Crippen molar-refractivity contribution in [3.8, 4) is 5.69 Å². The molecule has 0 aliphatic rings. The molecule has 0 saturated heterocycles. The lowest BCUT2D eigenvalue weighted by molar-refractivity contribution is 0.615. The average Bonchev–Trinajstić information content (AvgIpc) is 3.17. The Kier molecular flexibility index (Phi) is 7.58. The van der Waals surface area contributed by atoms with E-state index in [-0.39, 0.29) is 29.8 Å². The monoisotopic (exact) mass is 465 g/mol. The molecule has 0 bridgehead atoms. The van der Waals surface area contributed by atoms with Gasteiger partial charge in [0, 0.05) is 32.5 Å². The second-order valence-corrected chi connectivity index (χ2v) is 5.52. The third-order valence-electron chi connectivity index (χ3n) is 3.78. The van der Waals surface area contributed by atoms with Crippen LogP contribution in [0.5, 0.6) is 0 Å². The molecule has 0 aliphatic heterocycles. The molecule has 7 heteroatoms. The topological polar surface area (TPSA) is 54.2 Å². The van der Waals surface area contributed by atoms with Gasteiger partial charge in [0.05, 0.1) is 12.0 Å². The molecule has 3 aromatic rings. The Balaban J connectivity index is 0.00000243. The molecule has 3 rings (SSSR count). The highest BCUT2D eigenvalue weighted by Crippen LogP contribution is 2.14. The molecule has 0 amide bonds. The second-order valence-electron chi connectivity index (χ2n) is 5.52. The summed E-state index contributed by atoms with van der Waals surface area (Å²) in [5.74, 6) is 0.382. The highest BCUT2D eigenvalue weighted by atomic mass is 127. The van der Waals surface area contributed by atoms with Gasteiger partial charge in [0.1, 0.15) is 5.82 Å². The Morgan fingerprint density at radius 3 is 2.42 bits per heavy atom. The molecule has 0 aliphatic carbocycles. The summed E-state index contributed by atoms with van der Waals surface area (Å²) in [5.41, 5.74) is 2.48. The van der Waals surface area contributed by atoms with Crippen molar-refractivity contribution in [1.29, 1.82) is 0 Å². The SMILES string of the molecule is CN=C(NCc1ccccc1)NCc1ccc(-n2ccnc2)c(F)c1.I. The Hall–Kier alpha value is -2.42. The van der Waals surface area contributed by atoms with Crippen LogP contribution in [0.3, 0.4) is 0 Å². The molecule has 0 atom stereocenters. The Morgan fingerprint density at radius 1 is 1.08 bits per heavy atom. The second kappa shape index (κ2) is 9.91. The molecule has 1 heterocycles. The highest BCUT2D eigenvalue weighted by Gasteiger charge is 2.06. The van der Waals surface area contributed by atoms with E-state index in [2.05, 4.69) is 20.6 Å². The molecule has 26 heavy (non-hydrogen) atoms. The van der Waals surface area contributed by atoms with E-state index in [0.29, 0.717) is 24.7 Å². The molecule has 2 aromatic carbocycles. The molecule has 0 spiro atoms. The van der Waals surface area contributed by atoms with Crippen LogP contribution >= 0.6 is 24.0 Å². The fraction of sp³-hybridized carbons (Fsp3) is 0.158. The number of rotatable bonds is 5. The van der Waals surface area contributed by atoms with Crippen LogP contribution in [-0.2, 0) is 13.1 Å². The number of nitrogens with one attached hydrogen (secondary N) is 2. The zero-order valence-electron chi connectivity index (χ0n) is 14.4. The number of halogens is 2. The van der Waals surface area contributed by atoms with Crippen molar-refractivity contribution in [2.24, 2.45) is 4.99 Å². The van der Waals surface area contributed by atoms with E-state index in [1.807, 2.05) is 36.4 Å². The molecule has 1 aromatic heterocycles. The van der Waals surface area contributed by atoms with Crippen LogP contribution in [0, 0.1) is 5.82 Å². The quantitative estimate of drug-likeness (QED) is 0.345. The summed E-state index contributed by atoms with van der Waals surface area (Å²) < 4.78 is 15.9. The van der Waals surface area contributed by atoms with Crippen LogP contribution in [0.15, 0.2) is 72.2 Å². The van der Waals surface area contributed by atoms with E-state index in [1.165, 1.54) is 11.6 Å². The molecule has 2 N–H and O–H groups in total. The molecule has 0 fully saturated rings. The normalized spacial score (nSPS) is 10.9. The van der Waals surface area contributed by atoms with Gasteiger partial charge < -0.3 is 15.2 Å². The van der Waals surface area contributed by atoms with Crippen LogP contribution in [0.2, 0.25) is 0 Å². The Bertz CT molecular complexity index is 834. The summed E-state index contributed by atoms with van der Waals surface area (Å²) >= 11 is 0. The minimum Gasteiger partial charge on any atom is -0.352 e. The van der Waals surface area contributed by atoms with Crippen LogP contribution in [-0.4, -0.2) is 22.6 Å². The van der Waals surface area contributed by atoms with Crippen molar-refractivity contribution in [2.45, 2.75) is 13.1 Å². The van der Waals surface area contributed by atoms with E-state index in [4.69, 9.17) is 0 Å². The summed E-state index contributed by atoms with van der Waals surface area (Å²) in [5, 5.41) is 6.43. The zero-order chi connectivity index (χ0) is 17.5. The number of benzene rings is 2. The number of hydrogen-bond donors (Lipinski definition) is 2. The van der Waals surface area contributed by atoms with Gasteiger partial charge in [-0.15, -0.1) is 24.0 Å². The first-order chi connectivity index (χ1) is 12.3. The van der Waals surface area contributed by atoms with Gasteiger partial charge in [-0.25, -0.2) is 9.37 Å². The van der Waals surface area contributed by atoms with Crippen LogP contribution < -0.4 is 10.6 Å². The van der Waals surface area contributed by atoms with Crippen LogP contribution in [0.25, 0.3) is 5.69 Å². The third-order valence-corrected chi connectivity index (χ3v) is 3.78. The molecular formula is C19H21FIN5. The van der Waals surface area contributed by atoms with Crippen LogP contribution in [0.1, 0.15) is 11.1 Å². The highest BCUT2D eigenvalue weighted by molar-refractivity contribution is 14.0. The van der Waals surface area contributed by atoms with Crippen molar-refractivity contribution in [3.05, 3.63) is 84.2 Å². The zero-order valence-corrected chi connectivity index (χ0v) is 16.7. The average molecular weight is 465 g/mol. The van der Waals surface area contributed by atoms with Gasteiger partial charge in [0.25, 0.3) is 0 Å². The number of imidazole rings is 1. The molecule has 0 radical (unpaired) electrons. The molecule has 0 saturated carbocycles. The number of nitrogens with zero attached hydrogens (tertiary/aromatic N) is 3. The summed E-state index contributed by atoms with van der Waals surface area (Å²) in [6.45, 7) is 1.16. The van der Waals surface area contributed by atoms with Crippen molar-refractivity contribution < 1.29 is 4.39 Å². The van der Waals surface area contributed by atoms with Gasteiger partial charge >= 0.3 is 0 Å². The molecular weight excluding hydrogens is 444 g/mol. The minimum atomic E-state index is -0.287. The summed E-state index contributed by atoms with van der Waals surface area (Å²) in [6.07, 6.45) is 4.91. The number of aromatic nitrogens is 2. The Morgan fingerprint density at radius 2 is 1.81 bits per heavy atom. The summed E-state index contributed by atoms with van der Waals surface area (Å²) in [7, 11) is 1.71. The first-order valence-electron chi connectivity index (χ1n) is 8.01. The van der Waals surface area contributed by atoms with Gasteiger partial charge in [-0.3, -0.25) is 4.99 Å². The largest absolute Gasteiger partial charge is 0.352 e. The van der Waals surface area contributed by atoms with Gasteiger partial charge in [0.15, 0.2) is 5.96 Å². The molecule has 136 valence electrons. The Labute approximate surface area is 169 Å².